The van der Waals surface area contributed by atoms with E-state index in [0.29, 0.717) is 5.75 Å². The van der Waals surface area contributed by atoms with Crippen LogP contribution in [0.25, 0.3) is 0 Å². The Hall–Kier alpha value is -0.540. The SMILES string of the molecule is CC1(c2cc3c(c(Br)c2O)CCCCC3)CCCN1. The monoisotopic (exact) mass is 323 g/mol. The molecular formula is C16H22BrNO. The van der Waals surface area contributed by atoms with Crippen molar-refractivity contribution in [1.29, 1.82) is 0 Å². The Kier molecular flexibility index (Phi) is 3.61. The van der Waals surface area contributed by atoms with Crippen molar-refractivity contribution < 1.29 is 5.11 Å². The van der Waals surface area contributed by atoms with E-state index in [2.05, 4.69) is 34.2 Å². The van der Waals surface area contributed by atoms with Gasteiger partial charge in [0.25, 0.3) is 0 Å². The van der Waals surface area contributed by atoms with Gasteiger partial charge in [-0.05, 0) is 85.1 Å². The molecule has 3 rings (SSSR count). The summed E-state index contributed by atoms with van der Waals surface area (Å²) < 4.78 is 0.942. The topological polar surface area (TPSA) is 32.3 Å². The molecule has 0 spiro atoms. The number of nitrogens with one attached hydrogen (secondary N) is 1. The molecule has 0 bridgehead atoms. The lowest BCUT2D eigenvalue weighted by Gasteiger charge is -2.28. The van der Waals surface area contributed by atoms with Crippen LogP contribution in [0.3, 0.4) is 0 Å². The summed E-state index contributed by atoms with van der Waals surface area (Å²) in [6.45, 7) is 3.26. The normalized spacial score (nSPS) is 27.1. The largest absolute Gasteiger partial charge is 0.506 e. The highest BCUT2D eigenvalue weighted by Gasteiger charge is 2.34. The molecule has 1 unspecified atom stereocenters. The minimum atomic E-state index is -0.0616. The molecule has 0 saturated carbocycles. The smallest absolute Gasteiger partial charge is 0.135 e. The van der Waals surface area contributed by atoms with Crippen molar-refractivity contribution in [2.24, 2.45) is 0 Å². The second-order valence-corrected chi connectivity index (χ2v) is 6.94. The summed E-state index contributed by atoms with van der Waals surface area (Å²) in [5, 5.41) is 14.1. The zero-order chi connectivity index (χ0) is 13.5. The van der Waals surface area contributed by atoms with Crippen LogP contribution < -0.4 is 5.32 Å². The number of hydrogen-bond acceptors (Lipinski definition) is 2. The van der Waals surface area contributed by atoms with E-state index in [1.54, 1.807) is 0 Å². The van der Waals surface area contributed by atoms with E-state index in [0.717, 1.165) is 35.8 Å². The van der Waals surface area contributed by atoms with Crippen LogP contribution in [0.2, 0.25) is 0 Å². The predicted octanol–water partition coefficient (Wildman–Crippen LogP) is 4.02. The minimum Gasteiger partial charge on any atom is -0.506 e. The van der Waals surface area contributed by atoms with E-state index in [-0.39, 0.29) is 5.54 Å². The fourth-order valence-corrected chi connectivity index (χ4v) is 4.23. The molecule has 1 heterocycles. The summed E-state index contributed by atoms with van der Waals surface area (Å²) in [5.41, 5.74) is 3.79. The van der Waals surface area contributed by atoms with Crippen molar-refractivity contribution in [2.45, 2.75) is 57.4 Å². The highest BCUT2D eigenvalue weighted by molar-refractivity contribution is 9.10. The molecule has 1 aromatic carbocycles. The summed E-state index contributed by atoms with van der Waals surface area (Å²) in [4.78, 5) is 0. The molecule has 2 aliphatic rings. The van der Waals surface area contributed by atoms with Crippen LogP contribution in [0.1, 0.15) is 55.7 Å². The number of hydrogen-bond donors (Lipinski definition) is 2. The Morgan fingerprint density at radius 3 is 2.74 bits per heavy atom. The molecule has 2 nitrogen and oxygen atoms in total. The third-order valence-corrected chi connectivity index (χ3v) is 5.62. The Balaban J connectivity index is 2.11. The second-order valence-electron chi connectivity index (χ2n) is 6.15. The van der Waals surface area contributed by atoms with Crippen molar-refractivity contribution in [3.05, 3.63) is 27.2 Å². The maximum absolute atomic E-state index is 10.6. The third kappa shape index (κ3) is 2.31. The molecule has 1 aliphatic heterocycles. The fraction of sp³-hybridized carbons (Fsp3) is 0.625. The summed E-state index contributed by atoms with van der Waals surface area (Å²) in [6, 6.07) is 2.26. The van der Waals surface area contributed by atoms with Gasteiger partial charge in [0.05, 0.1) is 4.47 Å². The van der Waals surface area contributed by atoms with E-state index in [1.165, 1.54) is 36.8 Å². The Morgan fingerprint density at radius 1 is 1.21 bits per heavy atom. The highest BCUT2D eigenvalue weighted by atomic mass is 79.9. The predicted molar refractivity (Wildman–Crippen MR) is 81.7 cm³/mol. The van der Waals surface area contributed by atoms with Crippen LogP contribution in [0.4, 0.5) is 0 Å². The molecule has 0 radical (unpaired) electrons. The van der Waals surface area contributed by atoms with E-state index >= 15 is 0 Å². The van der Waals surface area contributed by atoms with Crippen LogP contribution in [-0.2, 0) is 18.4 Å². The quantitative estimate of drug-likeness (QED) is 0.765. The highest BCUT2D eigenvalue weighted by Crippen LogP contribution is 2.43. The van der Waals surface area contributed by atoms with Gasteiger partial charge in [-0.3, -0.25) is 0 Å². The molecule has 19 heavy (non-hydrogen) atoms. The van der Waals surface area contributed by atoms with Gasteiger partial charge >= 0.3 is 0 Å². The van der Waals surface area contributed by atoms with Crippen LogP contribution >= 0.6 is 15.9 Å². The van der Waals surface area contributed by atoms with Crippen LogP contribution in [0, 0.1) is 0 Å². The van der Waals surface area contributed by atoms with Crippen molar-refractivity contribution in [3.8, 4) is 5.75 Å². The van der Waals surface area contributed by atoms with Crippen LogP contribution in [0.5, 0.6) is 5.75 Å². The van der Waals surface area contributed by atoms with Gasteiger partial charge in [-0.25, -0.2) is 0 Å². The van der Waals surface area contributed by atoms with Gasteiger partial charge in [0.2, 0.25) is 0 Å². The van der Waals surface area contributed by atoms with Gasteiger partial charge in [-0.1, -0.05) is 6.42 Å². The lowest BCUT2D eigenvalue weighted by molar-refractivity contribution is 0.392. The number of halogens is 1. The van der Waals surface area contributed by atoms with Gasteiger partial charge in [-0.2, -0.15) is 0 Å². The zero-order valence-corrected chi connectivity index (χ0v) is 13.1. The zero-order valence-electron chi connectivity index (χ0n) is 11.6. The lowest BCUT2D eigenvalue weighted by atomic mass is 9.86. The third-order valence-electron chi connectivity index (χ3n) is 4.77. The molecular weight excluding hydrogens is 302 g/mol. The number of benzene rings is 1. The van der Waals surface area contributed by atoms with E-state index in [4.69, 9.17) is 0 Å². The van der Waals surface area contributed by atoms with Crippen molar-refractivity contribution >= 4 is 15.9 Å². The van der Waals surface area contributed by atoms with Gasteiger partial charge in [0.15, 0.2) is 0 Å². The first-order chi connectivity index (χ1) is 9.12. The minimum absolute atomic E-state index is 0.0616. The fourth-order valence-electron chi connectivity index (χ4n) is 3.56. The van der Waals surface area contributed by atoms with Gasteiger partial charge in [0, 0.05) is 11.1 Å². The molecule has 1 saturated heterocycles. The van der Waals surface area contributed by atoms with E-state index in [9.17, 15) is 5.11 Å². The molecule has 1 aromatic rings. The lowest BCUT2D eigenvalue weighted by Crippen LogP contribution is -2.33. The molecule has 1 aliphatic carbocycles. The average molecular weight is 324 g/mol. The molecule has 2 N–H and O–H groups in total. The van der Waals surface area contributed by atoms with Crippen molar-refractivity contribution in [2.75, 3.05) is 6.54 Å². The summed E-state index contributed by atoms with van der Waals surface area (Å²) in [6.07, 6.45) is 8.34. The molecule has 1 atom stereocenters. The Bertz CT molecular complexity index is 492. The first-order valence-electron chi connectivity index (χ1n) is 7.40. The number of aromatic hydroxyl groups is 1. The van der Waals surface area contributed by atoms with Crippen molar-refractivity contribution in [3.63, 3.8) is 0 Å². The Labute approximate surface area is 123 Å². The van der Waals surface area contributed by atoms with Crippen LogP contribution in [-0.4, -0.2) is 11.7 Å². The molecule has 1 fully saturated rings. The number of phenols is 1. The van der Waals surface area contributed by atoms with E-state index in [1.807, 2.05) is 0 Å². The number of phenolic OH excluding ortho intramolecular Hbond substituents is 1. The summed E-state index contributed by atoms with van der Waals surface area (Å²) in [5.74, 6) is 0.456. The van der Waals surface area contributed by atoms with Gasteiger partial charge in [0.1, 0.15) is 5.75 Å². The van der Waals surface area contributed by atoms with Gasteiger partial charge in [-0.15, -0.1) is 0 Å². The standard InChI is InChI=1S/C16H22BrNO/c1-16(8-5-9-18-16)13-10-11-6-3-2-4-7-12(11)14(17)15(13)19/h10,18-19H,2-9H2,1H3. The summed E-state index contributed by atoms with van der Waals surface area (Å²) >= 11 is 3.64. The average Bonchev–Trinajstić information content (AvgIpc) is 2.70. The number of fused-ring (bicyclic) bond motifs is 1. The first-order valence-corrected chi connectivity index (χ1v) is 8.20. The first kappa shape index (κ1) is 13.4. The number of aryl methyl sites for hydroxylation is 1. The number of rotatable bonds is 1. The van der Waals surface area contributed by atoms with Gasteiger partial charge < -0.3 is 10.4 Å². The maximum atomic E-state index is 10.6. The Morgan fingerprint density at radius 2 is 2.00 bits per heavy atom. The second kappa shape index (κ2) is 5.10. The molecule has 3 heteroatoms. The molecule has 0 amide bonds. The maximum Gasteiger partial charge on any atom is 0.135 e. The van der Waals surface area contributed by atoms with E-state index < -0.39 is 0 Å². The molecule has 0 aromatic heterocycles. The van der Waals surface area contributed by atoms with Crippen LogP contribution in [0.15, 0.2) is 10.5 Å². The molecule has 104 valence electrons. The van der Waals surface area contributed by atoms with Crippen molar-refractivity contribution in [1.82, 2.24) is 5.32 Å². The summed E-state index contributed by atoms with van der Waals surface area (Å²) in [7, 11) is 0.